The molecule has 1 aliphatic carbocycles. The van der Waals surface area contributed by atoms with Crippen LogP contribution < -0.4 is 14.8 Å². The number of ether oxygens (including phenoxy) is 2. The van der Waals surface area contributed by atoms with E-state index in [1.807, 2.05) is 91.0 Å². The van der Waals surface area contributed by atoms with E-state index >= 15 is 13.2 Å². The van der Waals surface area contributed by atoms with Gasteiger partial charge in [-0.15, -0.1) is 0 Å². The van der Waals surface area contributed by atoms with E-state index in [2.05, 4.69) is 23.4 Å². The molecular formula is C38H36N4O5S. The first kappa shape index (κ1) is 30.3. The summed E-state index contributed by atoms with van der Waals surface area (Å²) in [6, 6.07) is 29.3. The molecule has 0 saturated carbocycles. The molecule has 10 heteroatoms. The zero-order valence-electron chi connectivity index (χ0n) is 26.6. The van der Waals surface area contributed by atoms with Gasteiger partial charge in [-0.2, -0.15) is 9.40 Å². The standard InChI is InChI=1S/C38H36N4O5S/c1-26-25-47-32-23-27-13-11-20-31(27)35(34(26)32)40-37(43)42(48(44,45)33-24-39-41-21-12-22-46-36(33)41)38(28-14-5-2-6-15-28,29-16-7-3-8-17-29)30-18-9-4-10-19-30/h2-10,14-19,23-24,26H,11-13,20-22,25H2,1H3,(H,40,43)/t26-/m0/s1. The molecule has 2 aliphatic heterocycles. The van der Waals surface area contributed by atoms with Gasteiger partial charge in [0.2, 0.25) is 5.88 Å². The van der Waals surface area contributed by atoms with E-state index in [4.69, 9.17) is 9.47 Å². The highest BCUT2D eigenvalue weighted by Crippen LogP contribution is 2.49. The number of benzene rings is 4. The van der Waals surface area contributed by atoms with Crippen LogP contribution in [0.2, 0.25) is 0 Å². The van der Waals surface area contributed by atoms with Crippen molar-refractivity contribution in [3.8, 4) is 11.6 Å². The van der Waals surface area contributed by atoms with Gasteiger partial charge < -0.3 is 14.8 Å². The number of nitrogens with zero attached hydrogens (tertiary/aromatic N) is 3. The first-order valence-corrected chi connectivity index (χ1v) is 17.9. The first-order valence-electron chi connectivity index (χ1n) is 16.4. The number of amides is 2. The molecule has 0 fully saturated rings. The quantitative estimate of drug-likeness (QED) is 0.191. The van der Waals surface area contributed by atoms with Crippen molar-refractivity contribution in [3.63, 3.8) is 0 Å². The van der Waals surface area contributed by atoms with Gasteiger partial charge in [-0.3, -0.25) is 0 Å². The van der Waals surface area contributed by atoms with E-state index in [-0.39, 0.29) is 16.7 Å². The first-order chi connectivity index (χ1) is 23.4. The number of sulfonamides is 1. The molecule has 3 aliphatic rings. The van der Waals surface area contributed by atoms with Crippen LogP contribution in [0, 0.1) is 0 Å². The van der Waals surface area contributed by atoms with Gasteiger partial charge in [-0.1, -0.05) is 97.9 Å². The van der Waals surface area contributed by atoms with Gasteiger partial charge >= 0.3 is 6.03 Å². The van der Waals surface area contributed by atoms with E-state index in [0.29, 0.717) is 48.6 Å². The van der Waals surface area contributed by atoms with Gasteiger partial charge in [0, 0.05) is 24.4 Å². The number of hydrogen-bond acceptors (Lipinski definition) is 6. The number of urea groups is 1. The zero-order valence-corrected chi connectivity index (χ0v) is 27.4. The topological polar surface area (TPSA) is 103 Å². The van der Waals surface area contributed by atoms with Crippen molar-refractivity contribution in [2.24, 2.45) is 0 Å². The largest absolute Gasteiger partial charge is 0.493 e. The molecule has 48 heavy (non-hydrogen) atoms. The average Bonchev–Trinajstić information content (AvgIpc) is 3.87. The number of aromatic nitrogens is 2. The Balaban J connectivity index is 1.43. The van der Waals surface area contributed by atoms with E-state index < -0.39 is 21.6 Å². The minimum absolute atomic E-state index is 0.0180. The number of anilines is 1. The summed E-state index contributed by atoms with van der Waals surface area (Å²) in [5, 5.41) is 7.59. The third kappa shape index (κ3) is 4.69. The van der Waals surface area contributed by atoms with Crippen LogP contribution in [0.1, 0.15) is 59.1 Å². The number of aryl methyl sites for hydroxylation is 2. The molecule has 0 unspecified atom stereocenters. The highest BCUT2D eigenvalue weighted by Gasteiger charge is 2.53. The molecule has 5 aromatic rings. The second kappa shape index (κ2) is 11.9. The van der Waals surface area contributed by atoms with E-state index in [1.54, 1.807) is 4.68 Å². The van der Waals surface area contributed by atoms with Crippen LogP contribution in [0.5, 0.6) is 11.6 Å². The number of rotatable bonds is 7. The lowest BCUT2D eigenvalue weighted by atomic mass is 9.77. The molecule has 8 rings (SSSR count). The van der Waals surface area contributed by atoms with Crippen LogP contribution in [0.4, 0.5) is 10.5 Å². The SMILES string of the molecule is C[C@H]1COc2cc3c(c(NC(=O)N(C(c4ccccc4)(c4ccccc4)c4ccccc4)S(=O)(=O)c4cnn5c4OCCC5)c21)CCC3. The van der Waals surface area contributed by atoms with Gasteiger partial charge in [0.05, 0.1) is 25.1 Å². The maximum Gasteiger partial charge on any atom is 0.337 e. The molecule has 2 amide bonds. The van der Waals surface area contributed by atoms with Crippen molar-refractivity contribution in [1.82, 2.24) is 14.1 Å². The smallest absolute Gasteiger partial charge is 0.337 e. The number of hydrogen-bond donors (Lipinski definition) is 1. The number of carbonyl (C=O) groups excluding carboxylic acids is 1. The Morgan fingerprint density at radius 3 is 2.15 bits per heavy atom. The van der Waals surface area contributed by atoms with Crippen LogP contribution in [0.25, 0.3) is 0 Å². The van der Waals surface area contributed by atoms with Crippen molar-refractivity contribution in [2.75, 3.05) is 18.5 Å². The molecule has 244 valence electrons. The lowest BCUT2D eigenvalue weighted by molar-refractivity contribution is 0.212. The number of nitrogens with one attached hydrogen (secondary N) is 1. The molecule has 0 radical (unpaired) electrons. The normalized spacial score (nSPS) is 16.6. The van der Waals surface area contributed by atoms with Crippen LogP contribution >= 0.6 is 0 Å². The molecule has 1 aromatic heterocycles. The summed E-state index contributed by atoms with van der Waals surface area (Å²) < 4.78 is 45.6. The Bertz CT molecular complexity index is 2000. The fourth-order valence-corrected chi connectivity index (χ4v) is 9.30. The molecule has 0 saturated heterocycles. The maximum absolute atomic E-state index is 15.5. The molecule has 1 atom stereocenters. The molecule has 1 N–H and O–H groups in total. The molecule has 0 spiro atoms. The van der Waals surface area contributed by atoms with Crippen LogP contribution in [0.3, 0.4) is 0 Å². The van der Waals surface area contributed by atoms with Crippen molar-refractivity contribution >= 4 is 21.7 Å². The van der Waals surface area contributed by atoms with Gasteiger partial charge in [0.25, 0.3) is 10.0 Å². The minimum Gasteiger partial charge on any atom is -0.493 e. The third-order valence-electron chi connectivity index (χ3n) is 9.71. The Kier molecular flexibility index (Phi) is 7.47. The Hall–Kier alpha value is -5.09. The van der Waals surface area contributed by atoms with Crippen molar-refractivity contribution < 1.29 is 22.7 Å². The van der Waals surface area contributed by atoms with E-state index in [0.717, 1.165) is 46.0 Å². The summed E-state index contributed by atoms with van der Waals surface area (Å²) in [7, 11) is -4.68. The van der Waals surface area contributed by atoms with Crippen LogP contribution in [0.15, 0.2) is 108 Å². The maximum atomic E-state index is 15.5. The fourth-order valence-electron chi connectivity index (χ4n) is 7.59. The van der Waals surface area contributed by atoms with Gasteiger partial charge in [0.15, 0.2) is 4.90 Å². The van der Waals surface area contributed by atoms with Crippen LogP contribution in [-0.2, 0) is 34.9 Å². The number of fused-ring (bicyclic) bond motifs is 3. The van der Waals surface area contributed by atoms with Crippen molar-refractivity contribution in [3.05, 3.63) is 137 Å². The monoisotopic (exact) mass is 660 g/mol. The summed E-state index contributed by atoms with van der Waals surface area (Å²) in [4.78, 5) is 15.3. The highest BCUT2D eigenvalue weighted by atomic mass is 32.2. The molecule has 0 bridgehead atoms. The summed E-state index contributed by atoms with van der Waals surface area (Å²) in [5.41, 5.74) is 3.86. The molecule has 9 nitrogen and oxygen atoms in total. The average molecular weight is 661 g/mol. The predicted octanol–water partition coefficient (Wildman–Crippen LogP) is 6.87. The second-order valence-corrected chi connectivity index (χ2v) is 14.4. The number of carbonyl (C=O) groups is 1. The Morgan fingerprint density at radius 2 is 1.52 bits per heavy atom. The van der Waals surface area contributed by atoms with Gasteiger partial charge in [-0.25, -0.2) is 17.9 Å². The molecular weight excluding hydrogens is 625 g/mol. The van der Waals surface area contributed by atoms with Crippen molar-refractivity contribution in [2.45, 2.75) is 55.5 Å². The predicted molar refractivity (Wildman–Crippen MR) is 182 cm³/mol. The second-order valence-electron chi connectivity index (χ2n) is 12.6. The molecule has 4 aromatic carbocycles. The Labute approximate surface area is 280 Å². The summed E-state index contributed by atoms with van der Waals surface area (Å²) >= 11 is 0. The van der Waals surface area contributed by atoms with Crippen molar-refractivity contribution in [1.29, 1.82) is 0 Å². The molecule has 3 heterocycles. The summed E-state index contributed by atoms with van der Waals surface area (Å²) in [5.74, 6) is 0.891. The lowest BCUT2D eigenvalue weighted by Crippen LogP contribution is -2.55. The third-order valence-corrected chi connectivity index (χ3v) is 11.5. The Morgan fingerprint density at radius 1 is 0.896 bits per heavy atom. The van der Waals surface area contributed by atoms with E-state index in [9.17, 15) is 0 Å². The zero-order chi connectivity index (χ0) is 32.9. The van der Waals surface area contributed by atoms with E-state index in [1.165, 1.54) is 6.20 Å². The van der Waals surface area contributed by atoms with Gasteiger partial charge in [0.1, 0.15) is 11.3 Å². The summed E-state index contributed by atoms with van der Waals surface area (Å²) in [6.07, 6.45) is 4.59. The van der Waals surface area contributed by atoms with Gasteiger partial charge in [-0.05, 0) is 53.1 Å². The summed E-state index contributed by atoms with van der Waals surface area (Å²) in [6.45, 7) is 3.42. The minimum atomic E-state index is -4.68. The highest BCUT2D eigenvalue weighted by molar-refractivity contribution is 7.89. The fraction of sp³-hybridized carbons (Fsp3) is 0.263. The lowest BCUT2D eigenvalue weighted by Gasteiger charge is -2.44. The van der Waals surface area contributed by atoms with Crippen LogP contribution in [-0.4, -0.2) is 41.7 Å².